The molecule has 86 valence electrons. The molecule has 15 heavy (non-hydrogen) atoms. The Morgan fingerprint density at radius 2 is 2.33 bits per heavy atom. The highest BCUT2D eigenvalue weighted by Crippen LogP contribution is 2.23. The first-order chi connectivity index (χ1) is 7.22. The molecular formula is C13H22O2. The largest absolute Gasteiger partial charge is 0.389 e. The molecule has 0 bridgehead atoms. The fourth-order valence-corrected chi connectivity index (χ4v) is 1.99. The van der Waals surface area contributed by atoms with Crippen LogP contribution in [0.3, 0.4) is 0 Å². The number of rotatable bonds is 6. The van der Waals surface area contributed by atoms with Crippen LogP contribution in [0.4, 0.5) is 0 Å². The molecule has 2 atom stereocenters. The second kappa shape index (κ2) is 6.78. The number of unbranched alkanes of at least 4 members (excludes halogenated alkanes) is 2. The molecule has 0 spiro atoms. The first kappa shape index (κ1) is 12.4. The zero-order chi connectivity index (χ0) is 11.1. The molecule has 0 aromatic carbocycles. The van der Waals surface area contributed by atoms with Gasteiger partial charge in [-0.2, -0.15) is 0 Å². The fraction of sp³-hybridized carbons (Fsp3) is 0.769. The fourth-order valence-electron chi connectivity index (χ4n) is 1.99. The van der Waals surface area contributed by atoms with E-state index < -0.39 is 0 Å². The zero-order valence-electron chi connectivity index (χ0n) is 9.61. The lowest BCUT2D eigenvalue weighted by molar-refractivity contribution is -0.117. The molecule has 0 radical (unpaired) electrons. The average Bonchev–Trinajstić information content (AvgIpc) is 2.62. The van der Waals surface area contributed by atoms with Crippen molar-refractivity contribution in [2.75, 3.05) is 0 Å². The summed E-state index contributed by atoms with van der Waals surface area (Å²) in [6.45, 7) is 2.16. The van der Waals surface area contributed by atoms with Crippen molar-refractivity contribution in [1.82, 2.24) is 0 Å². The van der Waals surface area contributed by atoms with Gasteiger partial charge in [-0.05, 0) is 18.8 Å². The van der Waals surface area contributed by atoms with Crippen LogP contribution in [0.1, 0.15) is 51.9 Å². The van der Waals surface area contributed by atoms with Crippen LogP contribution in [0.5, 0.6) is 0 Å². The lowest BCUT2D eigenvalue weighted by Crippen LogP contribution is -2.02. The third kappa shape index (κ3) is 5.12. The van der Waals surface area contributed by atoms with Crippen LogP contribution in [0.25, 0.3) is 0 Å². The summed E-state index contributed by atoms with van der Waals surface area (Å²) in [5.74, 6) is 0.753. The number of aliphatic hydroxyl groups excluding tert-OH is 1. The van der Waals surface area contributed by atoms with Crippen molar-refractivity contribution in [1.29, 1.82) is 0 Å². The van der Waals surface area contributed by atoms with Gasteiger partial charge >= 0.3 is 0 Å². The lowest BCUT2D eigenvalue weighted by atomic mass is 10.0. The predicted octanol–water partition coefficient (Wildman–Crippen LogP) is 2.85. The molecule has 2 unspecified atom stereocenters. The van der Waals surface area contributed by atoms with Crippen molar-refractivity contribution in [3.8, 4) is 0 Å². The first-order valence-corrected chi connectivity index (χ1v) is 6.10. The van der Waals surface area contributed by atoms with E-state index in [2.05, 4.69) is 6.92 Å². The van der Waals surface area contributed by atoms with Crippen LogP contribution >= 0.6 is 0 Å². The number of hydrogen-bond acceptors (Lipinski definition) is 2. The predicted molar refractivity (Wildman–Crippen MR) is 61.6 cm³/mol. The molecule has 2 heteroatoms. The summed E-state index contributed by atoms with van der Waals surface area (Å²) in [7, 11) is 0. The van der Waals surface area contributed by atoms with Crippen LogP contribution in [0.15, 0.2) is 12.2 Å². The summed E-state index contributed by atoms with van der Waals surface area (Å²) < 4.78 is 0. The minimum Gasteiger partial charge on any atom is -0.389 e. The van der Waals surface area contributed by atoms with Crippen molar-refractivity contribution in [3.05, 3.63) is 12.2 Å². The summed E-state index contributed by atoms with van der Waals surface area (Å²) in [5.41, 5.74) is 0. The Kier molecular flexibility index (Phi) is 5.62. The summed E-state index contributed by atoms with van der Waals surface area (Å²) in [4.78, 5) is 11.0. The molecule has 1 aliphatic carbocycles. The van der Waals surface area contributed by atoms with E-state index in [1.807, 2.05) is 12.2 Å². The number of carbonyl (C=O) groups is 1. The number of allylic oxidation sites excluding steroid dienone is 1. The van der Waals surface area contributed by atoms with Gasteiger partial charge < -0.3 is 5.11 Å². The van der Waals surface area contributed by atoms with Crippen LogP contribution < -0.4 is 0 Å². The highest BCUT2D eigenvalue weighted by Gasteiger charge is 2.19. The van der Waals surface area contributed by atoms with Gasteiger partial charge in [0.2, 0.25) is 0 Å². The molecule has 0 aliphatic heterocycles. The van der Waals surface area contributed by atoms with Gasteiger partial charge in [0.1, 0.15) is 5.78 Å². The minimum absolute atomic E-state index is 0.313. The second-order valence-corrected chi connectivity index (χ2v) is 4.49. The van der Waals surface area contributed by atoms with Crippen molar-refractivity contribution in [2.45, 2.75) is 58.0 Å². The van der Waals surface area contributed by atoms with Crippen molar-refractivity contribution < 1.29 is 9.90 Å². The Labute approximate surface area is 92.4 Å². The first-order valence-electron chi connectivity index (χ1n) is 6.10. The van der Waals surface area contributed by atoms with Crippen LogP contribution in [-0.4, -0.2) is 17.0 Å². The van der Waals surface area contributed by atoms with Gasteiger partial charge in [0.25, 0.3) is 0 Å². The number of hydrogen-bond donors (Lipinski definition) is 1. The van der Waals surface area contributed by atoms with Crippen molar-refractivity contribution in [2.24, 2.45) is 5.92 Å². The molecule has 1 N–H and O–H groups in total. The molecule has 1 saturated carbocycles. The van der Waals surface area contributed by atoms with Crippen molar-refractivity contribution >= 4 is 5.78 Å². The molecule has 1 aliphatic rings. The average molecular weight is 210 g/mol. The standard InChI is InChI=1S/C13H22O2/c1-2-3-4-5-12(14)8-6-11-7-9-13(15)10-11/h6,8,11-12,14H,2-5,7,9-10H2,1H3/b8-6+. The molecule has 0 heterocycles. The maximum Gasteiger partial charge on any atom is 0.133 e. The molecule has 0 aromatic heterocycles. The van der Waals surface area contributed by atoms with Gasteiger partial charge in [-0.15, -0.1) is 0 Å². The molecule has 0 saturated heterocycles. The van der Waals surface area contributed by atoms with Gasteiger partial charge in [-0.25, -0.2) is 0 Å². The third-order valence-corrected chi connectivity index (χ3v) is 2.99. The number of carbonyl (C=O) groups excluding carboxylic acids is 1. The van der Waals surface area contributed by atoms with Gasteiger partial charge in [-0.1, -0.05) is 38.3 Å². The quantitative estimate of drug-likeness (QED) is 0.540. The Morgan fingerprint density at radius 1 is 1.53 bits per heavy atom. The van der Waals surface area contributed by atoms with E-state index in [0.29, 0.717) is 18.1 Å². The summed E-state index contributed by atoms with van der Waals surface area (Å²) in [6, 6.07) is 0. The maximum atomic E-state index is 11.0. The van der Waals surface area contributed by atoms with E-state index in [0.717, 1.165) is 25.7 Å². The Hall–Kier alpha value is -0.630. The lowest BCUT2D eigenvalue weighted by Gasteiger charge is -2.06. The molecule has 1 rings (SSSR count). The second-order valence-electron chi connectivity index (χ2n) is 4.49. The molecule has 1 fully saturated rings. The number of ketones is 1. The smallest absolute Gasteiger partial charge is 0.133 e. The van der Waals surface area contributed by atoms with E-state index in [4.69, 9.17) is 0 Å². The Morgan fingerprint density at radius 3 is 2.93 bits per heavy atom. The minimum atomic E-state index is -0.313. The molecular weight excluding hydrogens is 188 g/mol. The van der Waals surface area contributed by atoms with E-state index >= 15 is 0 Å². The van der Waals surface area contributed by atoms with Crippen molar-refractivity contribution in [3.63, 3.8) is 0 Å². The number of aliphatic hydroxyl groups is 1. The Bertz CT molecular complexity index is 221. The topological polar surface area (TPSA) is 37.3 Å². The van der Waals surface area contributed by atoms with E-state index in [1.54, 1.807) is 0 Å². The highest BCUT2D eigenvalue weighted by atomic mass is 16.3. The van der Waals surface area contributed by atoms with Crippen LogP contribution in [0, 0.1) is 5.92 Å². The summed E-state index contributed by atoms with van der Waals surface area (Å²) in [5, 5.41) is 9.63. The third-order valence-electron chi connectivity index (χ3n) is 2.99. The van der Waals surface area contributed by atoms with E-state index in [-0.39, 0.29) is 6.10 Å². The van der Waals surface area contributed by atoms with Crippen LogP contribution in [0.2, 0.25) is 0 Å². The molecule has 0 amide bonds. The number of Topliss-reactive ketones (excluding diaryl/α,β-unsaturated/α-hetero) is 1. The van der Waals surface area contributed by atoms with E-state index in [9.17, 15) is 9.90 Å². The van der Waals surface area contributed by atoms with Gasteiger partial charge in [0.05, 0.1) is 6.10 Å². The molecule has 0 aromatic rings. The van der Waals surface area contributed by atoms with Gasteiger partial charge in [0.15, 0.2) is 0 Å². The summed E-state index contributed by atoms with van der Waals surface area (Å²) >= 11 is 0. The Balaban J connectivity index is 2.16. The zero-order valence-corrected chi connectivity index (χ0v) is 9.61. The summed E-state index contributed by atoms with van der Waals surface area (Å²) in [6.07, 6.45) is 10.3. The maximum absolute atomic E-state index is 11.0. The normalized spacial score (nSPS) is 23.9. The SMILES string of the molecule is CCCCCC(O)/C=C/C1CCC(=O)C1. The van der Waals surface area contributed by atoms with Gasteiger partial charge in [0, 0.05) is 12.8 Å². The highest BCUT2D eigenvalue weighted by molar-refractivity contribution is 5.80. The molecule has 2 nitrogen and oxygen atoms in total. The monoisotopic (exact) mass is 210 g/mol. The van der Waals surface area contributed by atoms with E-state index in [1.165, 1.54) is 12.8 Å². The van der Waals surface area contributed by atoms with Crippen LogP contribution in [-0.2, 0) is 4.79 Å². The van der Waals surface area contributed by atoms with Gasteiger partial charge in [-0.3, -0.25) is 4.79 Å².